The predicted molar refractivity (Wildman–Crippen MR) is 80.8 cm³/mol. The molecule has 1 saturated heterocycles. The van der Waals surface area contributed by atoms with Crippen LogP contribution in [0.25, 0.3) is 0 Å². The van der Waals surface area contributed by atoms with Crippen LogP contribution in [0.2, 0.25) is 0 Å². The van der Waals surface area contributed by atoms with Crippen molar-refractivity contribution in [2.75, 3.05) is 24.5 Å². The molecule has 0 aliphatic carbocycles. The zero-order chi connectivity index (χ0) is 14.5. The molecule has 110 valence electrons. The van der Waals surface area contributed by atoms with Crippen LogP contribution in [0.15, 0.2) is 18.3 Å². The second-order valence-electron chi connectivity index (χ2n) is 5.86. The monoisotopic (exact) mass is 276 g/mol. The van der Waals surface area contributed by atoms with Crippen LogP contribution in [0.5, 0.6) is 0 Å². The van der Waals surface area contributed by atoms with E-state index in [0.717, 1.165) is 25.5 Å². The minimum atomic E-state index is -0.405. The molecule has 1 aliphatic rings. The van der Waals surface area contributed by atoms with E-state index in [1.807, 2.05) is 0 Å². The van der Waals surface area contributed by atoms with E-state index in [4.69, 9.17) is 5.73 Å². The zero-order valence-corrected chi connectivity index (χ0v) is 12.3. The molecule has 2 rings (SSSR count). The van der Waals surface area contributed by atoms with E-state index in [9.17, 15) is 4.79 Å². The summed E-state index contributed by atoms with van der Waals surface area (Å²) in [5, 5.41) is 3.51. The third kappa shape index (κ3) is 3.93. The summed E-state index contributed by atoms with van der Waals surface area (Å²) in [6, 6.07) is 3.96. The SMILES string of the molecule is CC(C)CN(CC1CCCN1)c1cc(C(N)=O)ccn1. The van der Waals surface area contributed by atoms with Crippen LogP contribution < -0.4 is 16.0 Å². The van der Waals surface area contributed by atoms with Crippen LogP contribution in [0.3, 0.4) is 0 Å². The van der Waals surface area contributed by atoms with Crippen LogP contribution >= 0.6 is 0 Å². The lowest BCUT2D eigenvalue weighted by atomic mass is 10.1. The first-order chi connectivity index (χ1) is 9.56. The first-order valence-corrected chi connectivity index (χ1v) is 7.30. The van der Waals surface area contributed by atoms with E-state index in [-0.39, 0.29) is 0 Å². The van der Waals surface area contributed by atoms with Gasteiger partial charge >= 0.3 is 0 Å². The maximum Gasteiger partial charge on any atom is 0.248 e. The Morgan fingerprint density at radius 2 is 2.40 bits per heavy atom. The first-order valence-electron chi connectivity index (χ1n) is 7.30. The van der Waals surface area contributed by atoms with Gasteiger partial charge in [0.2, 0.25) is 5.91 Å². The summed E-state index contributed by atoms with van der Waals surface area (Å²) in [4.78, 5) is 18.0. The van der Waals surface area contributed by atoms with Crippen molar-refractivity contribution in [3.63, 3.8) is 0 Å². The molecule has 0 bridgehead atoms. The quantitative estimate of drug-likeness (QED) is 0.824. The van der Waals surface area contributed by atoms with Gasteiger partial charge in [-0.2, -0.15) is 0 Å². The molecule has 0 spiro atoms. The Morgan fingerprint density at radius 1 is 1.60 bits per heavy atom. The van der Waals surface area contributed by atoms with Gasteiger partial charge in [0, 0.05) is 30.9 Å². The van der Waals surface area contributed by atoms with E-state index in [2.05, 4.69) is 29.0 Å². The summed E-state index contributed by atoms with van der Waals surface area (Å²) in [6.45, 7) is 7.32. The van der Waals surface area contributed by atoms with Crippen molar-refractivity contribution in [1.82, 2.24) is 10.3 Å². The summed E-state index contributed by atoms with van der Waals surface area (Å²) < 4.78 is 0. The summed E-state index contributed by atoms with van der Waals surface area (Å²) >= 11 is 0. The molecule has 1 unspecified atom stereocenters. The van der Waals surface area contributed by atoms with Crippen molar-refractivity contribution in [3.8, 4) is 0 Å². The number of nitrogens with two attached hydrogens (primary N) is 1. The average Bonchev–Trinajstić information content (AvgIpc) is 2.90. The van der Waals surface area contributed by atoms with Crippen LogP contribution in [-0.2, 0) is 0 Å². The molecule has 1 amide bonds. The number of aromatic nitrogens is 1. The number of hydrogen-bond acceptors (Lipinski definition) is 4. The Kier molecular flexibility index (Phi) is 4.95. The molecule has 0 aromatic carbocycles. The van der Waals surface area contributed by atoms with Gasteiger partial charge < -0.3 is 16.0 Å². The Balaban J connectivity index is 2.15. The van der Waals surface area contributed by atoms with Crippen LogP contribution in [0.4, 0.5) is 5.82 Å². The van der Waals surface area contributed by atoms with Crippen LogP contribution in [0.1, 0.15) is 37.0 Å². The molecular formula is C15H24N4O. The molecule has 1 fully saturated rings. The molecule has 5 nitrogen and oxygen atoms in total. The molecule has 0 saturated carbocycles. The highest BCUT2D eigenvalue weighted by Crippen LogP contribution is 2.17. The van der Waals surface area contributed by atoms with Gasteiger partial charge in [-0.1, -0.05) is 13.8 Å². The van der Waals surface area contributed by atoms with Crippen LogP contribution in [-0.4, -0.2) is 36.6 Å². The van der Waals surface area contributed by atoms with Gasteiger partial charge in [0.25, 0.3) is 0 Å². The first kappa shape index (κ1) is 14.8. The second kappa shape index (κ2) is 6.70. The number of primary amides is 1. The lowest BCUT2D eigenvalue weighted by Gasteiger charge is -2.28. The van der Waals surface area contributed by atoms with Gasteiger partial charge in [-0.15, -0.1) is 0 Å². The third-order valence-electron chi connectivity index (χ3n) is 3.54. The van der Waals surface area contributed by atoms with Crippen molar-refractivity contribution < 1.29 is 4.79 Å². The summed E-state index contributed by atoms with van der Waals surface area (Å²) in [5.41, 5.74) is 5.87. The van der Waals surface area contributed by atoms with E-state index in [1.165, 1.54) is 12.8 Å². The van der Waals surface area contributed by atoms with Gasteiger partial charge in [-0.05, 0) is 37.4 Å². The zero-order valence-electron chi connectivity index (χ0n) is 12.3. The Morgan fingerprint density at radius 3 is 3.00 bits per heavy atom. The van der Waals surface area contributed by atoms with Gasteiger partial charge in [-0.25, -0.2) is 4.98 Å². The number of nitrogens with one attached hydrogen (secondary N) is 1. The number of anilines is 1. The van der Waals surface area contributed by atoms with Crippen LogP contribution in [0, 0.1) is 5.92 Å². The molecule has 1 aromatic heterocycles. The molecule has 2 heterocycles. The number of nitrogens with zero attached hydrogens (tertiary/aromatic N) is 2. The predicted octanol–water partition coefficient (Wildman–Crippen LogP) is 1.39. The summed E-state index contributed by atoms with van der Waals surface area (Å²) in [6.07, 6.45) is 4.09. The maximum atomic E-state index is 11.3. The molecule has 0 radical (unpaired) electrons. The molecule has 5 heteroatoms. The lowest BCUT2D eigenvalue weighted by molar-refractivity contribution is 0.1000. The molecule has 1 aliphatic heterocycles. The number of carbonyl (C=O) groups excluding carboxylic acids is 1. The largest absolute Gasteiger partial charge is 0.366 e. The van der Waals surface area contributed by atoms with Gasteiger partial charge in [0.15, 0.2) is 0 Å². The van der Waals surface area contributed by atoms with Crippen molar-refractivity contribution in [2.45, 2.75) is 32.7 Å². The Hall–Kier alpha value is -1.62. The van der Waals surface area contributed by atoms with Crippen molar-refractivity contribution in [1.29, 1.82) is 0 Å². The van der Waals surface area contributed by atoms with Crippen molar-refractivity contribution >= 4 is 11.7 Å². The van der Waals surface area contributed by atoms with E-state index in [1.54, 1.807) is 18.3 Å². The highest BCUT2D eigenvalue weighted by Gasteiger charge is 2.20. The maximum absolute atomic E-state index is 11.3. The minimum absolute atomic E-state index is 0.405. The Labute approximate surface area is 120 Å². The Bertz CT molecular complexity index is 455. The molecule has 1 atom stereocenters. The summed E-state index contributed by atoms with van der Waals surface area (Å²) in [7, 11) is 0. The van der Waals surface area contributed by atoms with Crippen molar-refractivity contribution in [2.24, 2.45) is 11.7 Å². The van der Waals surface area contributed by atoms with Gasteiger partial charge in [-0.3, -0.25) is 4.79 Å². The highest BCUT2D eigenvalue weighted by molar-refractivity contribution is 5.93. The fraction of sp³-hybridized carbons (Fsp3) is 0.600. The number of amides is 1. The fourth-order valence-electron chi connectivity index (χ4n) is 2.63. The number of carbonyl (C=O) groups is 1. The second-order valence-corrected chi connectivity index (χ2v) is 5.86. The number of hydrogen-bond donors (Lipinski definition) is 2. The smallest absolute Gasteiger partial charge is 0.248 e. The highest BCUT2D eigenvalue weighted by atomic mass is 16.1. The van der Waals surface area contributed by atoms with Gasteiger partial charge in [0.1, 0.15) is 5.82 Å². The topological polar surface area (TPSA) is 71.2 Å². The molecule has 20 heavy (non-hydrogen) atoms. The normalized spacial score (nSPS) is 18.4. The summed E-state index contributed by atoms with van der Waals surface area (Å²) in [5.74, 6) is 0.969. The minimum Gasteiger partial charge on any atom is -0.366 e. The molecule has 3 N–H and O–H groups in total. The van der Waals surface area contributed by atoms with E-state index >= 15 is 0 Å². The standard InChI is InChI=1S/C15H24N4O/c1-11(2)9-19(10-13-4-3-6-17-13)14-8-12(15(16)20)5-7-18-14/h5,7-8,11,13,17H,3-4,6,9-10H2,1-2H3,(H2,16,20). The van der Waals surface area contributed by atoms with E-state index < -0.39 is 5.91 Å². The average molecular weight is 276 g/mol. The molecular weight excluding hydrogens is 252 g/mol. The lowest BCUT2D eigenvalue weighted by Crippen LogP contribution is -2.40. The number of rotatable bonds is 6. The fourth-order valence-corrected chi connectivity index (χ4v) is 2.63. The van der Waals surface area contributed by atoms with Gasteiger partial charge in [0.05, 0.1) is 0 Å². The number of pyridine rings is 1. The third-order valence-corrected chi connectivity index (χ3v) is 3.54. The molecule has 1 aromatic rings. The van der Waals surface area contributed by atoms with E-state index in [0.29, 0.717) is 17.5 Å². The van der Waals surface area contributed by atoms with Crippen molar-refractivity contribution in [3.05, 3.63) is 23.9 Å².